The molecule has 0 spiro atoms. The summed E-state index contributed by atoms with van der Waals surface area (Å²) in [5.74, 6) is 1.19. The monoisotopic (exact) mass is 432 g/mol. The van der Waals surface area contributed by atoms with Crippen molar-refractivity contribution in [2.45, 2.75) is 32.2 Å². The molecule has 1 fully saturated rings. The van der Waals surface area contributed by atoms with E-state index in [4.69, 9.17) is 9.47 Å². The van der Waals surface area contributed by atoms with Crippen molar-refractivity contribution in [1.29, 1.82) is 0 Å². The van der Waals surface area contributed by atoms with E-state index in [1.165, 1.54) is 0 Å². The molecule has 1 atom stereocenters. The molecule has 0 radical (unpaired) electrons. The lowest BCUT2D eigenvalue weighted by molar-refractivity contribution is 0.0735. The van der Waals surface area contributed by atoms with Crippen LogP contribution in [0.2, 0.25) is 0 Å². The first-order valence-electron chi connectivity index (χ1n) is 10.0. The fourth-order valence-electron chi connectivity index (χ4n) is 3.80. The minimum Gasteiger partial charge on any atom is -0.493 e. The van der Waals surface area contributed by atoms with E-state index in [2.05, 4.69) is 4.72 Å². The number of sulfonamides is 1. The molecular weight excluding hydrogens is 404 g/mol. The number of hydrogen-bond donors (Lipinski definition) is 1. The lowest BCUT2D eigenvalue weighted by Crippen LogP contribution is -2.30. The number of methoxy groups -OCH3 is 2. The average Bonchev–Trinajstić information content (AvgIpc) is 3.22. The van der Waals surface area contributed by atoms with Crippen molar-refractivity contribution in [3.8, 4) is 11.5 Å². The minimum atomic E-state index is -3.41. The summed E-state index contributed by atoms with van der Waals surface area (Å²) in [6.45, 7) is 2.45. The smallest absolute Gasteiger partial charge is 0.254 e. The van der Waals surface area contributed by atoms with Gasteiger partial charge in [-0.3, -0.25) is 9.52 Å². The molecule has 162 valence electrons. The second-order valence-electron chi connectivity index (χ2n) is 7.27. The molecule has 30 heavy (non-hydrogen) atoms. The molecule has 7 nitrogen and oxygen atoms in total. The number of benzene rings is 2. The van der Waals surface area contributed by atoms with E-state index in [-0.39, 0.29) is 17.7 Å². The van der Waals surface area contributed by atoms with Gasteiger partial charge in [-0.15, -0.1) is 0 Å². The highest BCUT2D eigenvalue weighted by Gasteiger charge is 2.31. The van der Waals surface area contributed by atoms with Crippen LogP contribution in [-0.4, -0.2) is 45.7 Å². The van der Waals surface area contributed by atoms with Crippen molar-refractivity contribution in [3.63, 3.8) is 0 Å². The number of carbonyl (C=O) groups is 1. The molecule has 1 saturated heterocycles. The number of anilines is 1. The Bertz CT molecular complexity index is 1010. The zero-order chi connectivity index (χ0) is 21.7. The van der Waals surface area contributed by atoms with E-state index in [0.717, 1.165) is 18.4 Å². The van der Waals surface area contributed by atoms with Gasteiger partial charge in [-0.25, -0.2) is 8.42 Å². The number of rotatable bonds is 8. The first-order chi connectivity index (χ1) is 14.4. The van der Waals surface area contributed by atoms with Crippen LogP contribution in [0.1, 0.15) is 48.1 Å². The topological polar surface area (TPSA) is 84.9 Å². The number of amides is 1. The molecule has 1 N–H and O–H groups in total. The number of nitrogens with one attached hydrogen (secondary N) is 1. The minimum absolute atomic E-state index is 0.0404. The Kier molecular flexibility index (Phi) is 6.87. The third kappa shape index (κ3) is 4.87. The standard InChI is InChI=1S/C22H28N2O5S/c1-4-13-30(26,27)23-18-8-5-7-17(14-18)22(25)24-12-6-9-19(24)16-10-11-20(28-2)21(15-16)29-3/h5,7-8,10-11,14-15,19,23H,4,6,9,12-13H2,1-3H3/t19-/m0/s1. The van der Waals surface area contributed by atoms with Crippen LogP contribution in [0.5, 0.6) is 11.5 Å². The van der Waals surface area contributed by atoms with E-state index < -0.39 is 10.0 Å². The summed E-state index contributed by atoms with van der Waals surface area (Å²) in [6, 6.07) is 12.3. The van der Waals surface area contributed by atoms with Gasteiger partial charge in [0, 0.05) is 17.8 Å². The van der Waals surface area contributed by atoms with Crippen molar-refractivity contribution >= 4 is 21.6 Å². The van der Waals surface area contributed by atoms with E-state index >= 15 is 0 Å². The first-order valence-corrected chi connectivity index (χ1v) is 11.7. The lowest BCUT2D eigenvalue weighted by Gasteiger charge is -2.26. The van der Waals surface area contributed by atoms with Crippen LogP contribution in [0.25, 0.3) is 0 Å². The molecule has 0 aliphatic carbocycles. The molecule has 8 heteroatoms. The Morgan fingerprint density at radius 2 is 1.90 bits per heavy atom. The van der Waals surface area contributed by atoms with Gasteiger partial charge in [0.05, 0.1) is 26.0 Å². The molecule has 3 rings (SSSR count). The number of carbonyl (C=O) groups excluding carboxylic acids is 1. The SMILES string of the molecule is CCCS(=O)(=O)Nc1cccc(C(=O)N2CCC[C@H]2c2ccc(OC)c(OC)c2)c1. The maximum absolute atomic E-state index is 13.2. The number of likely N-dealkylation sites (tertiary alicyclic amines) is 1. The summed E-state index contributed by atoms with van der Waals surface area (Å²) in [5.41, 5.74) is 1.84. The summed E-state index contributed by atoms with van der Waals surface area (Å²) in [7, 11) is -0.239. The predicted octanol–water partition coefficient (Wildman–Crippen LogP) is 3.83. The Labute approximate surface area is 178 Å². The van der Waals surface area contributed by atoms with Gasteiger partial charge < -0.3 is 14.4 Å². The second kappa shape index (κ2) is 9.38. The molecular formula is C22H28N2O5S. The number of ether oxygens (including phenoxy) is 2. The largest absolute Gasteiger partial charge is 0.493 e. The van der Waals surface area contributed by atoms with E-state index in [9.17, 15) is 13.2 Å². The molecule has 0 unspecified atom stereocenters. The Morgan fingerprint density at radius 1 is 1.13 bits per heavy atom. The highest BCUT2D eigenvalue weighted by Crippen LogP contribution is 2.37. The third-order valence-corrected chi connectivity index (χ3v) is 6.65. The molecule has 0 saturated carbocycles. The van der Waals surface area contributed by atoms with Gasteiger partial charge in [0.25, 0.3) is 5.91 Å². The van der Waals surface area contributed by atoms with Crippen LogP contribution in [0.15, 0.2) is 42.5 Å². The summed E-state index contributed by atoms with van der Waals surface area (Å²) in [4.78, 5) is 15.1. The van der Waals surface area contributed by atoms with Gasteiger partial charge in [0.2, 0.25) is 10.0 Å². The summed E-state index contributed by atoms with van der Waals surface area (Å²) < 4.78 is 37.4. The van der Waals surface area contributed by atoms with Crippen LogP contribution in [-0.2, 0) is 10.0 Å². The zero-order valence-corrected chi connectivity index (χ0v) is 18.4. The Balaban J connectivity index is 1.83. The van der Waals surface area contributed by atoms with Crippen molar-refractivity contribution in [3.05, 3.63) is 53.6 Å². The summed E-state index contributed by atoms with van der Waals surface area (Å²) in [5, 5.41) is 0. The first kappa shape index (κ1) is 22.0. The number of nitrogens with zero attached hydrogens (tertiary/aromatic N) is 1. The van der Waals surface area contributed by atoms with Gasteiger partial charge in [-0.2, -0.15) is 0 Å². The third-order valence-electron chi connectivity index (χ3n) is 5.16. The van der Waals surface area contributed by atoms with Crippen LogP contribution >= 0.6 is 0 Å². The predicted molar refractivity (Wildman–Crippen MR) is 117 cm³/mol. The lowest BCUT2D eigenvalue weighted by atomic mass is 10.0. The van der Waals surface area contributed by atoms with Gasteiger partial charge >= 0.3 is 0 Å². The quantitative estimate of drug-likeness (QED) is 0.685. The summed E-state index contributed by atoms with van der Waals surface area (Å²) in [6.07, 6.45) is 2.27. The Morgan fingerprint density at radius 3 is 2.60 bits per heavy atom. The summed E-state index contributed by atoms with van der Waals surface area (Å²) >= 11 is 0. The Hall–Kier alpha value is -2.74. The van der Waals surface area contributed by atoms with Crippen LogP contribution in [0, 0.1) is 0 Å². The molecule has 1 aliphatic rings. The van der Waals surface area contributed by atoms with Crippen molar-refractivity contribution in [2.24, 2.45) is 0 Å². The van der Waals surface area contributed by atoms with Crippen molar-refractivity contribution < 1.29 is 22.7 Å². The molecule has 0 bridgehead atoms. The highest BCUT2D eigenvalue weighted by atomic mass is 32.2. The average molecular weight is 433 g/mol. The van der Waals surface area contributed by atoms with Crippen molar-refractivity contribution in [2.75, 3.05) is 31.2 Å². The van der Waals surface area contributed by atoms with Gasteiger partial charge in [-0.05, 0) is 55.2 Å². The molecule has 1 aliphatic heterocycles. The van der Waals surface area contributed by atoms with Crippen LogP contribution < -0.4 is 14.2 Å². The van der Waals surface area contributed by atoms with E-state index in [0.29, 0.717) is 35.7 Å². The second-order valence-corrected chi connectivity index (χ2v) is 9.11. The fraction of sp³-hybridized carbons (Fsp3) is 0.409. The zero-order valence-electron chi connectivity index (χ0n) is 17.6. The van der Waals surface area contributed by atoms with Gasteiger partial charge in [-0.1, -0.05) is 19.1 Å². The fourth-order valence-corrected chi connectivity index (χ4v) is 4.92. The molecule has 2 aromatic rings. The van der Waals surface area contributed by atoms with E-state index in [1.54, 1.807) is 45.4 Å². The maximum atomic E-state index is 13.2. The van der Waals surface area contributed by atoms with Crippen molar-refractivity contribution in [1.82, 2.24) is 4.90 Å². The molecule has 1 amide bonds. The molecule has 2 aromatic carbocycles. The molecule has 0 aromatic heterocycles. The number of hydrogen-bond acceptors (Lipinski definition) is 5. The van der Waals surface area contributed by atoms with E-state index in [1.807, 2.05) is 23.1 Å². The maximum Gasteiger partial charge on any atom is 0.254 e. The normalized spacial score (nSPS) is 16.4. The van der Waals surface area contributed by atoms with Crippen LogP contribution in [0.4, 0.5) is 5.69 Å². The van der Waals surface area contributed by atoms with Crippen LogP contribution in [0.3, 0.4) is 0 Å². The van der Waals surface area contributed by atoms with Gasteiger partial charge in [0.15, 0.2) is 11.5 Å². The van der Waals surface area contributed by atoms with Gasteiger partial charge in [0.1, 0.15) is 0 Å². The highest BCUT2D eigenvalue weighted by molar-refractivity contribution is 7.92. The molecule has 1 heterocycles.